The van der Waals surface area contributed by atoms with Crippen molar-refractivity contribution in [3.63, 3.8) is 0 Å². The van der Waals surface area contributed by atoms with Gasteiger partial charge in [-0.3, -0.25) is 9.78 Å². The summed E-state index contributed by atoms with van der Waals surface area (Å²) in [5.74, 6) is -0.560. The molecular formula is C22H18FN5O. The summed E-state index contributed by atoms with van der Waals surface area (Å²) >= 11 is 0. The maximum Gasteiger partial charge on any atom is 0.254 e. The fourth-order valence-electron chi connectivity index (χ4n) is 3.16. The normalized spacial score (nSPS) is 10.8. The number of pyridine rings is 2. The van der Waals surface area contributed by atoms with Crippen LogP contribution in [0.25, 0.3) is 22.2 Å². The molecule has 0 atom stereocenters. The van der Waals surface area contributed by atoms with Crippen molar-refractivity contribution in [2.75, 3.05) is 6.54 Å². The largest absolute Gasteiger partial charge is 0.335 e. The van der Waals surface area contributed by atoms with Crippen LogP contribution in [0.2, 0.25) is 0 Å². The van der Waals surface area contributed by atoms with E-state index in [4.69, 9.17) is 0 Å². The highest BCUT2D eigenvalue weighted by molar-refractivity contribution is 6.07. The maximum absolute atomic E-state index is 13.8. The molecule has 3 heterocycles. The van der Waals surface area contributed by atoms with E-state index in [9.17, 15) is 9.18 Å². The number of rotatable bonds is 5. The molecule has 6 nitrogen and oxygen atoms in total. The Morgan fingerprint density at radius 1 is 1.03 bits per heavy atom. The predicted octanol–water partition coefficient (Wildman–Crippen LogP) is 3.89. The molecule has 7 heteroatoms. The predicted molar refractivity (Wildman–Crippen MR) is 107 cm³/mol. The number of hydrogen-bond acceptors (Lipinski definition) is 5. The fourth-order valence-corrected chi connectivity index (χ4v) is 3.16. The molecule has 1 aromatic carbocycles. The van der Waals surface area contributed by atoms with E-state index >= 15 is 0 Å². The van der Waals surface area contributed by atoms with E-state index in [0.717, 1.165) is 5.56 Å². The molecule has 3 aromatic heterocycles. The van der Waals surface area contributed by atoms with E-state index in [1.807, 2.05) is 19.1 Å². The van der Waals surface area contributed by atoms with Crippen molar-refractivity contribution in [3.05, 3.63) is 84.5 Å². The number of halogens is 1. The van der Waals surface area contributed by atoms with Gasteiger partial charge < -0.3 is 4.90 Å². The maximum atomic E-state index is 13.8. The van der Waals surface area contributed by atoms with E-state index in [1.165, 1.54) is 18.5 Å². The molecule has 0 saturated carbocycles. The first-order valence-electron chi connectivity index (χ1n) is 9.19. The van der Waals surface area contributed by atoms with Crippen LogP contribution in [-0.2, 0) is 6.54 Å². The average Bonchev–Trinajstić information content (AvgIpc) is 2.77. The number of carbonyl (C=O) groups excluding carboxylic acids is 1. The van der Waals surface area contributed by atoms with E-state index < -0.39 is 5.82 Å². The molecule has 0 N–H and O–H groups in total. The zero-order valence-corrected chi connectivity index (χ0v) is 15.8. The Labute approximate surface area is 167 Å². The molecule has 0 aliphatic carbocycles. The minimum Gasteiger partial charge on any atom is -0.335 e. The molecule has 0 aliphatic rings. The highest BCUT2D eigenvalue weighted by Crippen LogP contribution is 2.26. The van der Waals surface area contributed by atoms with Crippen molar-refractivity contribution in [2.24, 2.45) is 0 Å². The third-order valence-electron chi connectivity index (χ3n) is 4.65. The van der Waals surface area contributed by atoms with Crippen LogP contribution in [0.1, 0.15) is 22.8 Å². The van der Waals surface area contributed by atoms with Gasteiger partial charge in [0.05, 0.1) is 16.8 Å². The number of benzene rings is 1. The molecule has 0 bridgehead atoms. The van der Waals surface area contributed by atoms with E-state index in [1.54, 1.807) is 41.8 Å². The Kier molecular flexibility index (Phi) is 5.20. The highest BCUT2D eigenvalue weighted by Gasteiger charge is 2.20. The molecule has 4 rings (SSSR count). The molecule has 0 fully saturated rings. The van der Waals surface area contributed by atoms with Gasteiger partial charge in [0.15, 0.2) is 0 Å². The topological polar surface area (TPSA) is 71.9 Å². The number of aromatic nitrogens is 4. The molecule has 0 spiro atoms. The van der Waals surface area contributed by atoms with Crippen molar-refractivity contribution >= 4 is 16.8 Å². The van der Waals surface area contributed by atoms with Crippen LogP contribution < -0.4 is 0 Å². The molecule has 29 heavy (non-hydrogen) atoms. The van der Waals surface area contributed by atoms with Gasteiger partial charge in [-0.2, -0.15) is 0 Å². The summed E-state index contributed by atoms with van der Waals surface area (Å²) in [7, 11) is 0. The van der Waals surface area contributed by atoms with E-state index in [2.05, 4.69) is 19.9 Å². The van der Waals surface area contributed by atoms with Gasteiger partial charge in [0.25, 0.3) is 5.91 Å². The first-order valence-corrected chi connectivity index (χ1v) is 9.19. The highest BCUT2D eigenvalue weighted by atomic mass is 19.1. The lowest BCUT2D eigenvalue weighted by Crippen LogP contribution is -2.30. The molecule has 0 aliphatic heterocycles. The second kappa shape index (κ2) is 8.10. The third-order valence-corrected chi connectivity index (χ3v) is 4.65. The molecule has 4 aromatic rings. The third kappa shape index (κ3) is 3.94. The quantitative estimate of drug-likeness (QED) is 0.520. The fraction of sp³-hybridized carbons (Fsp3) is 0.136. The van der Waals surface area contributed by atoms with E-state index in [-0.39, 0.29) is 5.91 Å². The number of fused-ring (bicyclic) bond motifs is 1. The molecule has 0 saturated heterocycles. The first-order chi connectivity index (χ1) is 14.2. The van der Waals surface area contributed by atoms with Crippen LogP contribution in [0.3, 0.4) is 0 Å². The van der Waals surface area contributed by atoms with Gasteiger partial charge in [0, 0.05) is 54.9 Å². The van der Waals surface area contributed by atoms with Crippen LogP contribution in [-0.4, -0.2) is 37.3 Å². The average molecular weight is 387 g/mol. The minimum absolute atomic E-state index is 0.151. The van der Waals surface area contributed by atoms with Gasteiger partial charge in [-0.25, -0.2) is 19.3 Å². The van der Waals surface area contributed by atoms with Crippen LogP contribution >= 0.6 is 0 Å². The van der Waals surface area contributed by atoms with Gasteiger partial charge in [0.2, 0.25) is 0 Å². The van der Waals surface area contributed by atoms with Crippen LogP contribution in [0.15, 0.2) is 67.5 Å². The van der Waals surface area contributed by atoms with Crippen LogP contribution in [0.5, 0.6) is 0 Å². The lowest BCUT2D eigenvalue weighted by atomic mass is 10.0. The zero-order chi connectivity index (χ0) is 20.2. The summed E-state index contributed by atoms with van der Waals surface area (Å²) in [6, 6.07) is 9.74. The smallest absolute Gasteiger partial charge is 0.254 e. The monoisotopic (exact) mass is 387 g/mol. The van der Waals surface area contributed by atoms with E-state index in [0.29, 0.717) is 40.8 Å². The van der Waals surface area contributed by atoms with Crippen molar-refractivity contribution in [2.45, 2.75) is 13.5 Å². The second-order valence-corrected chi connectivity index (χ2v) is 6.52. The molecule has 144 valence electrons. The lowest BCUT2D eigenvalue weighted by molar-refractivity contribution is 0.0754. The Bertz CT molecular complexity index is 1150. The summed E-state index contributed by atoms with van der Waals surface area (Å²) < 4.78 is 13.8. The van der Waals surface area contributed by atoms with Gasteiger partial charge in [0.1, 0.15) is 12.1 Å². The molecule has 1 amide bonds. The molecular weight excluding hydrogens is 369 g/mol. The van der Waals surface area contributed by atoms with Crippen LogP contribution in [0, 0.1) is 5.82 Å². The number of hydrogen-bond donors (Lipinski definition) is 0. The van der Waals surface area contributed by atoms with Crippen LogP contribution in [0.4, 0.5) is 4.39 Å². The Morgan fingerprint density at radius 2 is 1.79 bits per heavy atom. The standard InChI is InChI=1S/C22H18FN5O/c1-2-28(13-15-5-7-24-8-6-15)22(29)19-10-20(16-11-25-14-26-12-16)27-21-9-17(23)3-4-18(19)21/h3-12,14H,2,13H2,1H3. The summed E-state index contributed by atoms with van der Waals surface area (Å²) in [4.78, 5) is 31.7. The van der Waals surface area contributed by atoms with Gasteiger partial charge >= 0.3 is 0 Å². The summed E-state index contributed by atoms with van der Waals surface area (Å²) in [6.45, 7) is 2.90. The summed E-state index contributed by atoms with van der Waals surface area (Å²) in [6.07, 6.45) is 8.05. The lowest BCUT2D eigenvalue weighted by Gasteiger charge is -2.22. The Morgan fingerprint density at radius 3 is 2.52 bits per heavy atom. The zero-order valence-electron chi connectivity index (χ0n) is 15.8. The summed E-state index contributed by atoms with van der Waals surface area (Å²) in [5, 5.41) is 0.602. The Balaban J connectivity index is 1.81. The molecule has 0 radical (unpaired) electrons. The SMILES string of the molecule is CCN(Cc1ccncc1)C(=O)c1cc(-c2cncnc2)nc2cc(F)ccc12. The van der Waals surface area contributed by atoms with Gasteiger partial charge in [-0.05, 0) is 42.8 Å². The summed E-state index contributed by atoms with van der Waals surface area (Å²) in [5.41, 5.74) is 3.03. The minimum atomic E-state index is -0.408. The van der Waals surface area contributed by atoms with Gasteiger partial charge in [-0.1, -0.05) is 0 Å². The number of carbonyl (C=O) groups is 1. The van der Waals surface area contributed by atoms with Crippen molar-refractivity contribution in [1.82, 2.24) is 24.8 Å². The Hall–Kier alpha value is -3.74. The number of amides is 1. The molecule has 0 unspecified atom stereocenters. The van der Waals surface area contributed by atoms with Crippen molar-refractivity contribution in [1.29, 1.82) is 0 Å². The van der Waals surface area contributed by atoms with Crippen molar-refractivity contribution in [3.8, 4) is 11.3 Å². The van der Waals surface area contributed by atoms with Crippen molar-refractivity contribution < 1.29 is 9.18 Å². The number of nitrogens with zero attached hydrogens (tertiary/aromatic N) is 5. The second-order valence-electron chi connectivity index (χ2n) is 6.52. The first kappa shape index (κ1) is 18.6. The van der Waals surface area contributed by atoms with Gasteiger partial charge in [-0.15, -0.1) is 0 Å².